The highest BCUT2D eigenvalue weighted by Crippen LogP contribution is 2.23. The highest BCUT2D eigenvalue weighted by Gasteiger charge is 2.27. The molecule has 146 valence electrons. The third-order valence-corrected chi connectivity index (χ3v) is 4.83. The minimum Gasteiger partial charge on any atom is -0.450 e. The predicted molar refractivity (Wildman–Crippen MR) is 105 cm³/mol. The van der Waals surface area contributed by atoms with Crippen LogP contribution in [0.25, 0.3) is 5.69 Å². The van der Waals surface area contributed by atoms with Gasteiger partial charge >= 0.3 is 5.97 Å². The van der Waals surface area contributed by atoms with Crippen molar-refractivity contribution in [2.24, 2.45) is 5.10 Å². The summed E-state index contributed by atoms with van der Waals surface area (Å²) in [5, 5.41) is 4.32. The van der Waals surface area contributed by atoms with Crippen LogP contribution in [0.2, 0.25) is 5.02 Å². The molecule has 3 rings (SSSR count). The number of Topliss-reactive ketones (excluding diaryl/α,β-unsaturated/α-hetero) is 1. The fourth-order valence-corrected chi connectivity index (χ4v) is 3.25. The van der Waals surface area contributed by atoms with E-state index in [0.717, 1.165) is 17.1 Å². The Bertz CT molecular complexity index is 976. The van der Waals surface area contributed by atoms with E-state index < -0.39 is 12.1 Å². The van der Waals surface area contributed by atoms with Crippen molar-refractivity contribution >= 4 is 35.0 Å². The molecule has 1 aliphatic rings. The van der Waals surface area contributed by atoms with Gasteiger partial charge < -0.3 is 9.30 Å². The number of amides is 1. The molecule has 7 nitrogen and oxygen atoms in total. The molecule has 1 atom stereocenters. The molecule has 0 bridgehead atoms. The second-order valence-electron chi connectivity index (χ2n) is 6.60. The lowest BCUT2D eigenvalue weighted by Gasteiger charge is -2.15. The summed E-state index contributed by atoms with van der Waals surface area (Å²) < 4.78 is 7.21. The Balaban J connectivity index is 1.79. The molecule has 1 aromatic heterocycles. The zero-order valence-corrected chi connectivity index (χ0v) is 16.5. The number of hydrazone groups is 1. The zero-order chi connectivity index (χ0) is 20.4. The number of nitrogens with one attached hydrogen (secondary N) is 1. The maximum atomic E-state index is 12.9. The van der Waals surface area contributed by atoms with Crippen molar-refractivity contribution in [1.82, 2.24) is 9.99 Å². The average molecular weight is 402 g/mol. The van der Waals surface area contributed by atoms with Crippen molar-refractivity contribution < 1.29 is 19.1 Å². The van der Waals surface area contributed by atoms with Crippen molar-refractivity contribution in [3.05, 3.63) is 52.3 Å². The molecule has 1 N–H and O–H groups in total. The van der Waals surface area contributed by atoms with Gasteiger partial charge in [-0.1, -0.05) is 11.6 Å². The van der Waals surface area contributed by atoms with E-state index in [0.29, 0.717) is 10.6 Å². The van der Waals surface area contributed by atoms with Crippen LogP contribution in [0, 0.1) is 13.8 Å². The minimum atomic E-state index is -0.980. The number of hydrogen-bond acceptors (Lipinski definition) is 5. The largest absolute Gasteiger partial charge is 0.450 e. The highest BCUT2D eigenvalue weighted by atomic mass is 35.5. The average Bonchev–Trinajstić information content (AvgIpc) is 2.96. The lowest BCUT2D eigenvalue weighted by atomic mass is 10.1. The van der Waals surface area contributed by atoms with Gasteiger partial charge in [0, 0.05) is 40.5 Å². The van der Waals surface area contributed by atoms with Gasteiger partial charge in [-0.2, -0.15) is 5.10 Å². The van der Waals surface area contributed by atoms with Crippen LogP contribution in [0.5, 0.6) is 0 Å². The Morgan fingerprint density at radius 3 is 2.50 bits per heavy atom. The molecule has 1 aliphatic heterocycles. The van der Waals surface area contributed by atoms with Crippen LogP contribution >= 0.6 is 11.6 Å². The van der Waals surface area contributed by atoms with Crippen LogP contribution in [-0.4, -0.2) is 34.0 Å². The lowest BCUT2D eigenvalue weighted by Crippen LogP contribution is -2.34. The Kier molecular flexibility index (Phi) is 5.65. The van der Waals surface area contributed by atoms with Crippen LogP contribution in [0.4, 0.5) is 0 Å². The van der Waals surface area contributed by atoms with E-state index >= 15 is 0 Å². The first-order valence-corrected chi connectivity index (χ1v) is 9.21. The van der Waals surface area contributed by atoms with Gasteiger partial charge in [-0.25, -0.2) is 10.2 Å². The summed E-state index contributed by atoms with van der Waals surface area (Å²) in [4.78, 5) is 36.2. The highest BCUT2D eigenvalue weighted by molar-refractivity contribution is 6.37. The van der Waals surface area contributed by atoms with Crippen LogP contribution in [-0.2, 0) is 14.3 Å². The maximum Gasteiger partial charge on any atom is 0.355 e. The summed E-state index contributed by atoms with van der Waals surface area (Å²) in [7, 11) is 0. The van der Waals surface area contributed by atoms with Crippen molar-refractivity contribution in [2.75, 3.05) is 0 Å². The lowest BCUT2D eigenvalue weighted by molar-refractivity contribution is -0.138. The predicted octanol–water partition coefficient (Wildman–Crippen LogP) is 3.13. The fraction of sp³-hybridized carbons (Fsp3) is 0.300. The summed E-state index contributed by atoms with van der Waals surface area (Å²) in [6, 6.07) is 9.08. The molecule has 2 heterocycles. The molecular weight excluding hydrogens is 382 g/mol. The first kappa shape index (κ1) is 19.8. The van der Waals surface area contributed by atoms with E-state index in [1.54, 1.807) is 18.2 Å². The molecule has 28 heavy (non-hydrogen) atoms. The minimum absolute atomic E-state index is 0.103. The standard InChI is InChI=1S/C20H20ClN3O4/c1-11-10-16(12(2)24(11)15-6-4-14(21)5-7-15)19(26)13(3)28-20(27)17-8-9-18(25)23-22-17/h4-7,10,13H,8-9H2,1-3H3,(H,23,25)/t13-/m0/s1. The Morgan fingerprint density at radius 1 is 1.21 bits per heavy atom. The topological polar surface area (TPSA) is 89.8 Å². The number of esters is 1. The molecule has 0 radical (unpaired) electrons. The zero-order valence-electron chi connectivity index (χ0n) is 15.8. The van der Waals surface area contributed by atoms with Gasteiger partial charge in [0.1, 0.15) is 5.71 Å². The number of aromatic nitrogens is 1. The molecule has 0 fully saturated rings. The number of nitrogens with zero attached hydrogens (tertiary/aromatic N) is 2. The van der Waals surface area contributed by atoms with Crippen molar-refractivity contribution in [2.45, 2.75) is 39.7 Å². The summed E-state index contributed by atoms with van der Waals surface area (Å²) >= 11 is 5.95. The van der Waals surface area contributed by atoms with E-state index in [1.807, 2.05) is 30.5 Å². The first-order chi connectivity index (χ1) is 13.3. The maximum absolute atomic E-state index is 12.9. The second kappa shape index (κ2) is 7.98. The molecule has 0 aliphatic carbocycles. The van der Waals surface area contributed by atoms with Crippen molar-refractivity contribution in [3.63, 3.8) is 0 Å². The van der Waals surface area contributed by atoms with E-state index in [2.05, 4.69) is 10.5 Å². The first-order valence-electron chi connectivity index (χ1n) is 8.83. The monoisotopic (exact) mass is 401 g/mol. The van der Waals surface area contributed by atoms with Gasteiger partial charge in [0.05, 0.1) is 0 Å². The third kappa shape index (κ3) is 3.99. The molecule has 8 heteroatoms. The summed E-state index contributed by atoms with van der Waals surface area (Å²) in [5.74, 6) is -1.26. The van der Waals surface area contributed by atoms with Crippen LogP contribution < -0.4 is 5.43 Å². The van der Waals surface area contributed by atoms with E-state index in [9.17, 15) is 14.4 Å². The molecule has 2 aromatic rings. The summed E-state index contributed by atoms with van der Waals surface area (Å²) in [6.45, 7) is 5.26. The Hall–Kier alpha value is -2.93. The van der Waals surface area contributed by atoms with Gasteiger partial charge in [0.25, 0.3) is 0 Å². The third-order valence-electron chi connectivity index (χ3n) is 4.57. The van der Waals surface area contributed by atoms with Crippen LogP contribution in [0.15, 0.2) is 35.4 Å². The molecule has 0 saturated carbocycles. The van der Waals surface area contributed by atoms with Crippen LogP contribution in [0.3, 0.4) is 0 Å². The SMILES string of the molecule is Cc1cc(C(=O)[C@H](C)OC(=O)C2=NNC(=O)CC2)c(C)n1-c1ccc(Cl)cc1. The number of carbonyl (C=O) groups is 3. The quantitative estimate of drug-likeness (QED) is 0.615. The van der Waals surface area contributed by atoms with Crippen LogP contribution in [0.1, 0.15) is 41.5 Å². The molecule has 0 spiro atoms. The van der Waals surface area contributed by atoms with Crippen molar-refractivity contribution in [3.8, 4) is 5.69 Å². The number of benzene rings is 1. The summed E-state index contributed by atoms with van der Waals surface area (Å²) in [5.41, 5.74) is 5.33. The van der Waals surface area contributed by atoms with Gasteiger partial charge in [-0.3, -0.25) is 9.59 Å². The molecule has 0 unspecified atom stereocenters. The Labute approximate surface area is 167 Å². The van der Waals surface area contributed by atoms with Crippen molar-refractivity contribution in [1.29, 1.82) is 0 Å². The second-order valence-corrected chi connectivity index (χ2v) is 7.04. The smallest absolute Gasteiger partial charge is 0.355 e. The molecule has 1 amide bonds. The van der Waals surface area contributed by atoms with Gasteiger partial charge in [-0.15, -0.1) is 0 Å². The summed E-state index contributed by atoms with van der Waals surface area (Å²) in [6.07, 6.45) is -0.623. The number of ether oxygens (including phenoxy) is 1. The van der Waals surface area contributed by atoms with Gasteiger partial charge in [0.2, 0.25) is 11.7 Å². The Morgan fingerprint density at radius 2 is 1.89 bits per heavy atom. The fourth-order valence-electron chi connectivity index (χ4n) is 3.12. The number of hydrogen-bond donors (Lipinski definition) is 1. The molecular formula is C20H20ClN3O4. The number of aryl methyl sites for hydroxylation is 1. The molecule has 0 saturated heterocycles. The van der Waals surface area contributed by atoms with E-state index in [1.165, 1.54) is 6.92 Å². The van der Waals surface area contributed by atoms with E-state index in [4.69, 9.17) is 16.3 Å². The number of ketones is 1. The van der Waals surface area contributed by atoms with Gasteiger partial charge in [0.15, 0.2) is 6.10 Å². The number of carbonyl (C=O) groups excluding carboxylic acids is 3. The molecule has 1 aromatic carbocycles. The number of halogens is 1. The number of rotatable bonds is 5. The normalized spacial score (nSPS) is 14.9. The van der Waals surface area contributed by atoms with E-state index in [-0.39, 0.29) is 30.2 Å². The van der Waals surface area contributed by atoms with Gasteiger partial charge in [-0.05, 0) is 51.1 Å².